The molecule has 0 aliphatic carbocycles. The lowest BCUT2D eigenvalue weighted by Crippen LogP contribution is -2.42. The van der Waals surface area contributed by atoms with Crippen molar-refractivity contribution in [2.45, 2.75) is 72.5 Å². The maximum absolute atomic E-state index is 12.0. The monoisotopic (exact) mass is 543 g/mol. The van der Waals surface area contributed by atoms with E-state index in [0.717, 1.165) is 51.5 Å². The highest BCUT2D eigenvalue weighted by Crippen LogP contribution is 2.17. The largest absolute Gasteiger partial charge is 0.357 e. The zero-order valence-electron chi connectivity index (χ0n) is 19.8. The van der Waals surface area contributed by atoms with Gasteiger partial charge in [-0.1, -0.05) is 38.1 Å². The fourth-order valence-corrected chi connectivity index (χ4v) is 3.89. The maximum Gasteiger partial charge on any atom is 0.222 e. The van der Waals surface area contributed by atoms with E-state index in [1.54, 1.807) is 0 Å². The fourth-order valence-electron chi connectivity index (χ4n) is 3.89. The molecule has 1 unspecified atom stereocenters. The molecule has 0 aromatic heterocycles. The van der Waals surface area contributed by atoms with Crippen LogP contribution in [-0.2, 0) is 17.9 Å². The Balaban J connectivity index is 0.00000480. The molecule has 0 saturated carbocycles. The van der Waals surface area contributed by atoms with Crippen molar-refractivity contribution in [3.8, 4) is 0 Å². The number of guanidine groups is 1. The van der Waals surface area contributed by atoms with Gasteiger partial charge in [-0.3, -0.25) is 4.79 Å². The molecule has 7 heteroatoms. The summed E-state index contributed by atoms with van der Waals surface area (Å²) in [5, 5.41) is 6.92. The van der Waals surface area contributed by atoms with Crippen molar-refractivity contribution in [3.63, 3.8) is 0 Å². The second kappa shape index (κ2) is 15.5. The first kappa shape index (κ1) is 27.7. The summed E-state index contributed by atoms with van der Waals surface area (Å²) in [7, 11) is 0. The summed E-state index contributed by atoms with van der Waals surface area (Å²) >= 11 is 0. The summed E-state index contributed by atoms with van der Waals surface area (Å²) < 4.78 is 0. The van der Waals surface area contributed by atoms with Gasteiger partial charge in [-0.25, -0.2) is 4.99 Å². The van der Waals surface area contributed by atoms with Crippen molar-refractivity contribution in [3.05, 3.63) is 35.4 Å². The third-order valence-corrected chi connectivity index (χ3v) is 5.79. The molecule has 1 heterocycles. The minimum Gasteiger partial charge on any atom is -0.357 e. The first-order valence-corrected chi connectivity index (χ1v) is 11.7. The Bertz CT molecular complexity index is 678. The van der Waals surface area contributed by atoms with Crippen LogP contribution in [0.5, 0.6) is 0 Å². The Hall–Kier alpha value is -1.35. The molecular formula is C24H42IN5O. The van der Waals surface area contributed by atoms with Gasteiger partial charge >= 0.3 is 0 Å². The van der Waals surface area contributed by atoms with E-state index in [9.17, 15) is 4.79 Å². The predicted octanol–water partition coefficient (Wildman–Crippen LogP) is 3.99. The average Bonchev–Trinajstić information content (AvgIpc) is 3.15. The van der Waals surface area contributed by atoms with Crippen LogP contribution >= 0.6 is 24.0 Å². The van der Waals surface area contributed by atoms with Crippen LogP contribution in [0.3, 0.4) is 0 Å². The molecule has 2 N–H and O–H groups in total. The van der Waals surface area contributed by atoms with Crippen LogP contribution < -0.4 is 10.6 Å². The molecule has 1 saturated heterocycles. The van der Waals surface area contributed by atoms with Crippen molar-refractivity contribution in [1.82, 2.24) is 20.4 Å². The molecule has 1 fully saturated rings. The Morgan fingerprint density at radius 1 is 1.19 bits per heavy atom. The fraction of sp³-hybridized carbons (Fsp3) is 0.667. The SMILES string of the molecule is CCNC(=NCc1ccccc1CN1CCCC1=O)NC(C)CCCN(CC)CC.I. The Morgan fingerprint density at radius 3 is 2.52 bits per heavy atom. The van der Waals surface area contributed by atoms with Crippen LogP contribution in [0.4, 0.5) is 0 Å². The minimum absolute atomic E-state index is 0. The quantitative estimate of drug-likeness (QED) is 0.238. The van der Waals surface area contributed by atoms with Gasteiger partial charge in [0.1, 0.15) is 0 Å². The second-order valence-corrected chi connectivity index (χ2v) is 8.10. The van der Waals surface area contributed by atoms with Gasteiger partial charge in [0.25, 0.3) is 0 Å². The molecule has 1 aromatic carbocycles. The first-order chi connectivity index (χ1) is 14.6. The zero-order valence-corrected chi connectivity index (χ0v) is 22.2. The Kier molecular flexibility index (Phi) is 13.8. The molecule has 1 aliphatic rings. The Morgan fingerprint density at radius 2 is 1.90 bits per heavy atom. The first-order valence-electron chi connectivity index (χ1n) is 11.7. The van der Waals surface area contributed by atoms with Gasteiger partial charge in [0.05, 0.1) is 6.54 Å². The number of amides is 1. The van der Waals surface area contributed by atoms with Crippen molar-refractivity contribution < 1.29 is 4.79 Å². The normalized spacial score (nSPS) is 15.2. The van der Waals surface area contributed by atoms with E-state index < -0.39 is 0 Å². The van der Waals surface area contributed by atoms with Crippen molar-refractivity contribution in [2.24, 2.45) is 4.99 Å². The number of nitrogens with one attached hydrogen (secondary N) is 2. The summed E-state index contributed by atoms with van der Waals surface area (Å²) in [6.07, 6.45) is 3.96. The van der Waals surface area contributed by atoms with E-state index in [0.29, 0.717) is 25.6 Å². The van der Waals surface area contributed by atoms with E-state index in [1.165, 1.54) is 17.5 Å². The highest BCUT2D eigenvalue weighted by molar-refractivity contribution is 14.0. The lowest BCUT2D eigenvalue weighted by Gasteiger charge is -2.21. The lowest BCUT2D eigenvalue weighted by molar-refractivity contribution is -0.128. The molecule has 2 rings (SSSR count). The third-order valence-electron chi connectivity index (χ3n) is 5.79. The van der Waals surface area contributed by atoms with Gasteiger partial charge in [-0.15, -0.1) is 24.0 Å². The summed E-state index contributed by atoms with van der Waals surface area (Å²) in [5.74, 6) is 1.13. The number of hydrogen-bond donors (Lipinski definition) is 2. The molecule has 1 aromatic rings. The number of nitrogens with zero attached hydrogens (tertiary/aromatic N) is 3. The molecule has 1 atom stereocenters. The van der Waals surface area contributed by atoms with E-state index in [2.05, 4.69) is 61.4 Å². The predicted molar refractivity (Wildman–Crippen MR) is 141 cm³/mol. The van der Waals surface area contributed by atoms with Crippen LogP contribution in [0.2, 0.25) is 0 Å². The maximum atomic E-state index is 12.0. The van der Waals surface area contributed by atoms with Crippen LogP contribution in [0.15, 0.2) is 29.3 Å². The van der Waals surface area contributed by atoms with Crippen LogP contribution in [0.1, 0.15) is 64.5 Å². The molecule has 6 nitrogen and oxygen atoms in total. The second-order valence-electron chi connectivity index (χ2n) is 8.10. The van der Waals surface area contributed by atoms with Crippen molar-refractivity contribution >= 4 is 35.8 Å². The summed E-state index contributed by atoms with van der Waals surface area (Å²) in [4.78, 5) is 21.3. The van der Waals surface area contributed by atoms with Gasteiger partial charge in [-0.05, 0) is 63.9 Å². The highest BCUT2D eigenvalue weighted by Gasteiger charge is 2.20. The smallest absolute Gasteiger partial charge is 0.222 e. The zero-order chi connectivity index (χ0) is 21.8. The van der Waals surface area contributed by atoms with Crippen molar-refractivity contribution in [1.29, 1.82) is 0 Å². The van der Waals surface area contributed by atoms with Gasteiger partial charge in [-0.2, -0.15) is 0 Å². The van der Waals surface area contributed by atoms with Gasteiger partial charge < -0.3 is 20.4 Å². The van der Waals surface area contributed by atoms with Crippen molar-refractivity contribution in [2.75, 3.05) is 32.7 Å². The van der Waals surface area contributed by atoms with E-state index in [-0.39, 0.29) is 29.9 Å². The number of likely N-dealkylation sites (tertiary alicyclic amines) is 1. The van der Waals surface area contributed by atoms with Crippen LogP contribution in [0, 0.1) is 0 Å². The van der Waals surface area contributed by atoms with E-state index in [4.69, 9.17) is 4.99 Å². The lowest BCUT2D eigenvalue weighted by atomic mass is 10.1. The number of hydrogen-bond acceptors (Lipinski definition) is 3. The highest BCUT2D eigenvalue weighted by atomic mass is 127. The Labute approximate surface area is 206 Å². The molecule has 176 valence electrons. The topological polar surface area (TPSA) is 60.0 Å². The summed E-state index contributed by atoms with van der Waals surface area (Å²) in [5.41, 5.74) is 2.38. The van der Waals surface area contributed by atoms with Gasteiger partial charge in [0, 0.05) is 32.1 Å². The molecule has 0 bridgehead atoms. The number of carbonyl (C=O) groups excluding carboxylic acids is 1. The third kappa shape index (κ3) is 9.76. The molecule has 31 heavy (non-hydrogen) atoms. The van der Waals surface area contributed by atoms with Crippen LogP contribution in [0.25, 0.3) is 0 Å². The average molecular weight is 544 g/mol. The molecule has 0 spiro atoms. The molecule has 1 amide bonds. The number of rotatable bonds is 12. The number of halogens is 1. The number of carbonyl (C=O) groups is 1. The van der Waals surface area contributed by atoms with E-state index in [1.807, 2.05) is 11.0 Å². The molecule has 0 radical (unpaired) electrons. The summed E-state index contributed by atoms with van der Waals surface area (Å²) in [6.45, 7) is 15.1. The number of benzene rings is 1. The van der Waals surface area contributed by atoms with Gasteiger partial charge in [0.2, 0.25) is 5.91 Å². The van der Waals surface area contributed by atoms with E-state index >= 15 is 0 Å². The van der Waals surface area contributed by atoms with Crippen LogP contribution in [-0.4, -0.2) is 60.4 Å². The minimum atomic E-state index is 0. The summed E-state index contributed by atoms with van der Waals surface area (Å²) in [6, 6.07) is 8.71. The molecular weight excluding hydrogens is 501 g/mol. The molecule has 1 aliphatic heterocycles. The van der Waals surface area contributed by atoms with Gasteiger partial charge in [0.15, 0.2) is 5.96 Å². The standard InChI is InChI=1S/C24H41N5O.HI/c1-5-25-24(27-20(4)12-10-16-28(6-2)7-3)26-18-21-13-8-9-14-22(21)19-29-17-11-15-23(29)30;/h8-9,13-14,20H,5-7,10-12,15-19H2,1-4H3,(H2,25,26,27);1H. The number of aliphatic imine (C=N–C) groups is 1.